The molecule has 0 bridgehead atoms. The van der Waals surface area contributed by atoms with Crippen molar-refractivity contribution in [2.45, 2.75) is 13.8 Å². The number of hydrogen-bond donors (Lipinski definition) is 0. The zero-order valence-corrected chi connectivity index (χ0v) is 9.20. The van der Waals surface area contributed by atoms with E-state index in [2.05, 4.69) is 20.8 Å². The molecule has 0 rings (SSSR count). The molecule has 0 nitrogen and oxygen atoms in total. The predicted molar refractivity (Wildman–Crippen MR) is 20.2 cm³/mol. The minimum atomic E-state index is 0. The second-order valence-electron chi connectivity index (χ2n) is 1.39. The Hall–Kier alpha value is 1.81. The molecule has 0 aromatic carbocycles. The van der Waals surface area contributed by atoms with Crippen LogP contribution < -0.4 is 58.2 Å². The van der Waals surface area contributed by atoms with Gasteiger partial charge in [0.1, 0.15) is 0 Å². The van der Waals surface area contributed by atoms with Crippen molar-refractivity contribution in [1.82, 2.24) is 0 Å². The maximum atomic E-state index is 3.64. The Kier molecular flexibility index (Phi) is 11.5. The van der Waals surface area contributed by atoms with Gasteiger partial charge in [0, 0.05) is 0 Å². The van der Waals surface area contributed by atoms with E-state index in [1.807, 2.05) is 0 Å². The van der Waals surface area contributed by atoms with Gasteiger partial charge in [0.05, 0.1) is 0 Å². The molecule has 0 radical (unpaired) electrons. The van der Waals surface area contributed by atoms with Gasteiger partial charge in [0.25, 0.3) is 0 Å². The predicted octanol–water partition coefficient (Wildman–Crippen LogP) is -1.52. The van der Waals surface area contributed by atoms with Crippen molar-refractivity contribution in [3.8, 4) is 0 Å². The summed E-state index contributed by atoms with van der Waals surface area (Å²) >= 11 is 0. The fourth-order valence-electron chi connectivity index (χ4n) is 0. The number of hydrogen-bond acceptors (Lipinski definition) is 0. The quantitative estimate of drug-likeness (QED) is 0.361. The van der Waals surface area contributed by atoms with Crippen molar-refractivity contribution in [1.29, 1.82) is 0 Å². The topological polar surface area (TPSA) is 0 Å². The van der Waals surface area contributed by atoms with Gasteiger partial charge in [0.2, 0.25) is 0 Å². The molecule has 0 amide bonds. The minimum absolute atomic E-state index is 0. The molecule has 0 spiro atoms. The van der Waals surface area contributed by atoms with Gasteiger partial charge in [-0.15, -0.1) is 0 Å². The maximum absolute atomic E-state index is 3.64. The van der Waals surface area contributed by atoms with Gasteiger partial charge < -0.3 is 6.92 Å². The molecule has 5 heavy (non-hydrogen) atoms. The van der Waals surface area contributed by atoms with Crippen LogP contribution >= 0.6 is 0 Å². The average Bonchev–Trinajstić information content (AvgIpc) is 0.811. The van der Waals surface area contributed by atoms with E-state index in [9.17, 15) is 0 Å². The van der Waals surface area contributed by atoms with E-state index in [0.717, 1.165) is 0 Å². The molecule has 0 heterocycles. The van der Waals surface area contributed by atoms with Crippen LogP contribution in [0.3, 0.4) is 0 Å². The molecular weight excluding hydrogens is 134 g/mol. The maximum Gasteiger partial charge on any atom is 1.00 e. The summed E-state index contributed by atoms with van der Waals surface area (Å²) in [6.45, 7) is 7.75. The second-order valence-corrected chi connectivity index (χ2v) is 1.39. The first-order chi connectivity index (χ1) is 1.73. The zero-order chi connectivity index (χ0) is 3.58. The molecule has 0 aliphatic heterocycles. The summed E-state index contributed by atoms with van der Waals surface area (Å²) in [5, 5.41) is 0. The van der Waals surface area contributed by atoms with Crippen LogP contribution in [0, 0.1) is 12.8 Å². The van der Waals surface area contributed by atoms with Crippen LogP contribution in [-0.2, 0) is 0 Å². The van der Waals surface area contributed by atoms with Crippen LogP contribution in [0.1, 0.15) is 13.8 Å². The standard InChI is InChI=1S/C4H9.Rb/c1-4(2)3;/h4H,1H2,2-3H3;/q-1;+1. The van der Waals surface area contributed by atoms with Gasteiger partial charge in [-0.05, 0) is 0 Å². The second kappa shape index (κ2) is 5.81. The van der Waals surface area contributed by atoms with Gasteiger partial charge in [-0.1, -0.05) is 13.8 Å². The van der Waals surface area contributed by atoms with Gasteiger partial charge in [0.15, 0.2) is 0 Å². The summed E-state index contributed by atoms with van der Waals surface area (Å²) in [4.78, 5) is 0. The van der Waals surface area contributed by atoms with E-state index >= 15 is 0 Å². The monoisotopic (exact) mass is 142 g/mol. The zero-order valence-electron chi connectivity index (χ0n) is 4.28. The summed E-state index contributed by atoms with van der Waals surface area (Å²) in [7, 11) is 0. The summed E-state index contributed by atoms with van der Waals surface area (Å²) < 4.78 is 0. The molecule has 0 aromatic rings. The molecule has 0 atom stereocenters. The first kappa shape index (κ1) is 9.93. The average molecular weight is 143 g/mol. The fraction of sp³-hybridized carbons (Fsp3) is 0.750. The van der Waals surface area contributed by atoms with Crippen LogP contribution in [0.2, 0.25) is 0 Å². The molecule has 0 saturated carbocycles. The third-order valence-corrected chi connectivity index (χ3v) is 0. The molecular formula is C4H9Rb. The minimum Gasteiger partial charge on any atom is -0.341 e. The summed E-state index contributed by atoms with van der Waals surface area (Å²) in [5.74, 6) is 0.583. The van der Waals surface area contributed by atoms with Crippen LogP contribution in [-0.4, -0.2) is 0 Å². The number of rotatable bonds is 0. The Balaban J connectivity index is 0. The van der Waals surface area contributed by atoms with Gasteiger partial charge in [-0.3, -0.25) is 0 Å². The largest absolute Gasteiger partial charge is 1.00 e. The molecule has 0 saturated heterocycles. The molecule has 0 aliphatic rings. The van der Waals surface area contributed by atoms with E-state index in [1.54, 1.807) is 0 Å². The van der Waals surface area contributed by atoms with Crippen LogP contribution in [0.4, 0.5) is 0 Å². The van der Waals surface area contributed by atoms with Gasteiger partial charge >= 0.3 is 58.2 Å². The Morgan fingerprint density at radius 2 is 1.40 bits per heavy atom. The van der Waals surface area contributed by atoms with Crippen molar-refractivity contribution in [3.05, 3.63) is 6.92 Å². The Morgan fingerprint density at radius 1 is 1.40 bits per heavy atom. The molecule has 26 valence electrons. The first-order valence-electron chi connectivity index (χ1n) is 1.56. The summed E-state index contributed by atoms with van der Waals surface area (Å²) in [6.07, 6.45) is 0. The van der Waals surface area contributed by atoms with Crippen molar-refractivity contribution in [2.75, 3.05) is 0 Å². The van der Waals surface area contributed by atoms with Crippen molar-refractivity contribution >= 4 is 0 Å². The molecule has 0 N–H and O–H groups in total. The van der Waals surface area contributed by atoms with E-state index in [0.29, 0.717) is 5.92 Å². The van der Waals surface area contributed by atoms with Gasteiger partial charge in [-0.2, -0.15) is 5.92 Å². The van der Waals surface area contributed by atoms with Gasteiger partial charge in [-0.25, -0.2) is 0 Å². The van der Waals surface area contributed by atoms with E-state index in [4.69, 9.17) is 0 Å². The van der Waals surface area contributed by atoms with E-state index in [1.165, 1.54) is 0 Å². The van der Waals surface area contributed by atoms with Crippen molar-refractivity contribution in [3.63, 3.8) is 0 Å². The molecule has 0 aromatic heterocycles. The third-order valence-electron chi connectivity index (χ3n) is 0. The Labute approximate surface area is 83.1 Å². The van der Waals surface area contributed by atoms with E-state index in [-0.39, 0.29) is 58.2 Å². The smallest absolute Gasteiger partial charge is 0.341 e. The van der Waals surface area contributed by atoms with Crippen molar-refractivity contribution in [2.24, 2.45) is 5.92 Å². The Morgan fingerprint density at radius 3 is 1.40 bits per heavy atom. The van der Waals surface area contributed by atoms with Crippen LogP contribution in [0.15, 0.2) is 0 Å². The van der Waals surface area contributed by atoms with Crippen molar-refractivity contribution < 1.29 is 58.2 Å². The van der Waals surface area contributed by atoms with E-state index < -0.39 is 0 Å². The first-order valence-corrected chi connectivity index (χ1v) is 1.56. The molecule has 0 unspecified atom stereocenters. The molecule has 0 aliphatic carbocycles. The summed E-state index contributed by atoms with van der Waals surface area (Å²) in [5.41, 5.74) is 0. The normalized spacial score (nSPS) is 7.20. The third kappa shape index (κ3) is 25.8. The Bertz CT molecular complexity index is 8.36. The summed E-state index contributed by atoms with van der Waals surface area (Å²) in [6, 6.07) is 0. The molecule has 1 heteroatoms. The SMILES string of the molecule is [CH2-]C(C)C.[Rb+]. The molecule has 0 fully saturated rings. The van der Waals surface area contributed by atoms with Crippen LogP contribution in [0.5, 0.6) is 0 Å². The van der Waals surface area contributed by atoms with Crippen LogP contribution in [0.25, 0.3) is 0 Å². The fourth-order valence-corrected chi connectivity index (χ4v) is 0.